The fraction of sp³-hybridized carbons (Fsp3) is 0.278. The van der Waals surface area contributed by atoms with Gasteiger partial charge in [0.25, 0.3) is 5.91 Å². The molecule has 2 unspecified atom stereocenters. The number of ether oxygens (including phenoxy) is 2. The summed E-state index contributed by atoms with van der Waals surface area (Å²) in [5, 5.41) is 5.43. The Morgan fingerprint density at radius 2 is 1.78 bits per heavy atom. The van der Waals surface area contributed by atoms with Crippen LogP contribution in [0.15, 0.2) is 91.0 Å². The van der Waals surface area contributed by atoms with Gasteiger partial charge in [-0.15, -0.1) is 0 Å². The number of nitrogens with zero attached hydrogens (tertiary/aromatic N) is 2. The number of allylic oxidation sites excluding steroid dienone is 1. The van der Waals surface area contributed by atoms with Gasteiger partial charge in [0.2, 0.25) is 5.24 Å². The predicted octanol–water partition coefficient (Wildman–Crippen LogP) is 6.91. The third kappa shape index (κ3) is 6.44. The van der Waals surface area contributed by atoms with E-state index in [1.807, 2.05) is 77.7 Å². The van der Waals surface area contributed by atoms with E-state index < -0.39 is 11.3 Å². The fourth-order valence-corrected chi connectivity index (χ4v) is 6.74. The van der Waals surface area contributed by atoms with Crippen LogP contribution < -0.4 is 19.7 Å². The van der Waals surface area contributed by atoms with Crippen molar-refractivity contribution in [1.29, 1.82) is 0 Å². The van der Waals surface area contributed by atoms with Crippen LogP contribution in [0, 0.1) is 11.8 Å². The number of amides is 1. The first kappa shape index (κ1) is 29.8. The van der Waals surface area contributed by atoms with Crippen LogP contribution >= 0.6 is 23.2 Å². The van der Waals surface area contributed by atoms with Crippen molar-refractivity contribution in [2.24, 2.45) is 11.8 Å². The minimum atomic E-state index is -0.665. The van der Waals surface area contributed by atoms with Crippen molar-refractivity contribution in [1.82, 2.24) is 10.2 Å². The van der Waals surface area contributed by atoms with Gasteiger partial charge in [-0.3, -0.25) is 14.5 Å². The first-order chi connectivity index (χ1) is 21.9. The molecule has 0 aromatic heterocycles. The van der Waals surface area contributed by atoms with Gasteiger partial charge in [-0.05, 0) is 89.3 Å². The molecule has 45 heavy (non-hydrogen) atoms. The second kappa shape index (κ2) is 12.9. The minimum absolute atomic E-state index is 0.0585. The van der Waals surface area contributed by atoms with Crippen LogP contribution in [0.2, 0.25) is 5.02 Å². The molecule has 1 amide bonds. The van der Waals surface area contributed by atoms with Gasteiger partial charge in [0, 0.05) is 44.2 Å². The number of hydrogen-bond acceptors (Lipinski definition) is 6. The summed E-state index contributed by atoms with van der Waals surface area (Å²) < 4.78 is 12.8. The summed E-state index contributed by atoms with van der Waals surface area (Å²) in [6.07, 6.45) is 3.50. The van der Waals surface area contributed by atoms with Crippen molar-refractivity contribution in [2.75, 3.05) is 44.2 Å². The third-order valence-electron chi connectivity index (χ3n) is 8.79. The lowest BCUT2D eigenvalue weighted by molar-refractivity contribution is -0.127. The van der Waals surface area contributed by atoms with Crippen LogP contribution in [0.5, 0.6) is 17.2 Å². The van der Waals surface area contributed by atoms with Crippen molar-refractivity contribution in [3.63, 3.8) is 0 Å². The van der Waals surface area contributed by atoms with Gasteiger partial charge in [-0.1, -0.05) is 60.1 Å². The minimum Gasteiger partial charge on any atom is -0.477 e. The van der Waals surface area contributed by atoms with Crippen molar-refractivity contribution in [2.45, 2.75) is 12.5 Å². The quantitative estimate of drug-likeness (QED) is 0.158. The summed E-state index contributed by atoms with van der Waals surface area (Å²) in [6.45, 7) is 4.34. The van der Waals surface area contributed by atoms with E-state index in [0.717, 1.165) is 60.2 Å². The lowest BCUT2D eigenvalue weighted by Crippen LogP contribution is -2.55. The Kier molecular flexibility index (Phi) is 8.51. The zero-order valence-electron chi connectivity index (χ0n) is 24.6. The standard InChI is InChI=1S/C36H33Cl2N3O4/c37-31-17-32-33(16-30(31)29-15-27(44-26-7-2-1-3-8-26)14-25-6-4-5-9-28(25)29)45-34(36(43)41(32)21-24-18-39-19-24)22-40-13-12-23(20-40)10-11-35(38)42/h1-11,14-17,23-24,34,39H,12-13,18-22H2/b11-10+. The molecule has 7 nitrogen and oxygen atoms in total. The monoisotopic (exact) mass is 641 g/mol. The number of benzene rings is 4. The summed E-state index contributed by atoms with van der Waals surface area (Å²) in [4.78, 5) is 29.2. The van der Waals surface area contributed by atoms with Crippen molar-refractivity contribution < 1.29 is 19.1 Å². The number of likely N-dealkylation sites (tertiary alicyclic amines) is 1. The van der Waals surface area contributed by atoms with Gasteiger partial charge >= 0.3 is 0 Å². The molecule has 3 aliphatic rings. The van der Waals surface area contributed by atoms with Crippen LogP contribution in [0.1, 0.15) is 6.42 Å². The van der Waals surface area contributed by atoms with Gasteiger partial charge < -0.3 is 19.7 Å². The Labute approximate surface area is 272 Å². The van der Waals surface area contributed by atoms with E-state index in [2.05, 4.69) is 22.3 Å². The van der Waals surface area contributed by atoms with Crippen molar-refractivity contribution in [3.05, 3.63) is 96.0 Å². The average molecular weight is 643 g/mol. The van der Waals surface area contributed by atoms with Gasteiger partial charge in [-0.2, -0.15) is 0 Å². The van der Waals surface area contributed by atoms with Gasteiger partial charge in [-0.25, -0.2) is 0 Å². The van der Waals surface area contributed by atoms with Crippen molar-refractivity contribution in [3.8, 4) is 28.4 Å². The molecule has 2 fully saturated rings. The molecular weight excluding hydrogens is 609 g/mol. The molecule has 0 radical (unpaired) electrons. The molecule has 7 rings (SSSR count). The predicted molar refractivity (Wildman–Crippen MR) is 179 cm³/mol. The van der Waals surface area contributed by atoms with Crippen LogP contribution in [-0.4, -0.2) is 61.4 Å². The molecular formula is C36H33Cl2N3O4. The highest BCUT2D eigenvalue weighted by Gasteiger charge is 2.39. The number of para-hydroxylation sites is 1. The third-order valence-corrected chi connectivity index (χ3v) is 9.23. The Hall–Kier alpha value is -3.88. The molecule has 230 valence electrons. The zero-order valence-corrected chi connectivity index (χ0v) is 26.1. The molecule has 4 aromatic carbocycles. The summed E-state index contributed by atoms with van der Waals surface area (Å²) in [6, 6.07) is 25.7. The normalized spacial score (nSPS) is 20.3. The maximum Gasteiger partial charge on any atom is 0.269 e. The van der Waals surface area contributed by atoms with E-state index in [9.17, 15) is 9.59 Å². The van der Waals surface area contributed by atoms with Crippen LogP contribution in [-0.2, 0) is 9.59 Å². The lowest BCUT2D eigenvalue weighted by atomic mass is 9.96. The van der Waals surface area contributed by atoms with Crippen LogP contribution in [0.3, 0.4) is 0 Å². The zero-order chi connectivity index (χ0) is 30.9. The number of hydrogen-bond donors (Lipinski definition) is 1. The van der Waals surface area contributed by atoms with Gasteiger partial charge in [0.1, 0.15) is 17.2 Å². The molecule has 3 aliphatic heterocycles. The van der Waals surface area contributed by atoms with Gasteiger partial charge in [0.05, 0.1) is 10.7 Å². The van der Waals surface area contributed by atoms with E-state index in [1.165, 1.54) is 6.08 Å². The second-order valence-electron chi connectivity index (χ2n) is 12.0. The Morgan fingerprint density at radius 3 is 2.56 bits per heavy atom. The summed E-state index contributed by atoms with van der Waals surface area (Å²) in [5.74, 6) is 2.59. The largest absolute Gasteiger partial charge is 0.477 e. The van der Waals surface area contributed by atoms with Crippen LogP contribution in [0.4, 0.5) is 5.69 Å². The Morgan fingerprint density at radius 1 is 0.978 bits per heavy atom. The number of anilines is 1. The number of fused-ring (bicyclic) bond motifs is 2. The van der Waals surface area contributed by atoms with E-state index in [0.29, 0.717) is 41.2 Å². The fourth-order valence-electron chi connectivity index (χ4n) is 6.41. The molecule has 3 heterocycles. The van der Waals surface area contributed by atoms with E-state index in [1.54, 1.807) is 0 Å². The topological polar surface area (TPSA) is 71.1 Å². The highest BCUT2D eigenvalue weighted by Crippen LogP contribution is 2.45. The molecule has 2 atom stereocenters. The molecule has 4 aromatic rings. The van der Waals surface area contributed by atoms with E-state index >= 15 is 0 Å². The van der Waals surface area contributed by atoms with Gasteiger partial charge in [0.15, 0.2) is 6.10 Å². The Balaban J connectivity index is 1.24. The maximum atomic E-state index is 13.9. The maximum absolute atomic E-state index is 13.9. The number of carbonyl (C=O) groups excluding carboxylic acids is 2. The number of halogens is 2. The molecule has 0 bridgehead atoms. The Bertz CT molecular complexity index is 1780. The summed E-state index contributed by atoms with van der Waals surface area (Å²) in [5.41, 5.74) is 2.42. The number of nitrogens with one attached hydrogen (secondary N) is 1. The molecule has 0 spiro atoms. The SMILES string of the molecule is O=C(Cl)/C=C/C1CCN(CC2Oc3cc(-c4cc(Oc5ccccc5)cc5ccccc45)c(Cl)cc3N(CC3CNC3)C2=O)C1. The average Bonchev–Trinajstić information content (AvgIpc) is 3.47. The molecule has 0 aliphatic carbocycles. The highest BCUT2D eigenvalue weighted by molar-refractivity contribution is 6.66. The lowest BCUT2D eigenvalue weighted by Gasteiger charge is -2.39. The summed E-state index contributed by atoms with van der Waals surface area (Å²) >= 11 is 12.6. The second-order valence-corrected chi connectivity index (χ2v) is 12.7. The van der Waals surface area contributed by atoms with E-state index in [4.69, 9.17) is 32.7 Å². The number of rotatable bonds is 9. The highest BCUT2D eigenvalue weighted by atomic mass is 35.5. The smallest absolute Gasteiger partial charge is 0.269 e. The van der Waals surface area contributed by atoms with Crippen LogP contribution in [0.25, 0.3) is 21.9 Å². The molecule has 1 N–H and O–H groups in total. The van der Waals surface area contributed by atoms with Crippen molar-refractivity contribution >= 4 is 50.8 Å². The summed E-state index contributed by atoms with van der Waals surface area (Å²) in [7, 11) is 0. The van der Waals surface area contributed by atoms with E-state index in [-0.39, 0.29) is 11.8 Å². The molecule has 9 heteroatoms. The number of carbonyl (C=O) groups is 2. The first-order valence-electron chi connectivity index (χ1n) is 15.3. The first-order valence-corrected chi connectivity index (χ1v) is 16.1. The molecule has 2 saturated heterocycles. The molecule has 0 saturated carbocycles.